The van der Waals surface area contributed by atoms with E-state index in [1.807, 2.05) is 6.92 Å². The largest absolute Gasteiger partial charge is 0.522 e. The molecule has 0 aromatic heterocycles. The van der Waals surface area contributed by atoms with E-state index in [4.69, 9.17) is 0 Å². The van der Waals surface area contributed by atoms with E-state index >= 15 is 0 Å². The number of aliphatic carboxylic acids is 1. The average Bonchev–Trinajstić information content (AvgIpc) is 2.28. The maximum Gasteiger partial charge on any atom is 0.522 e. The van der Waals surface area contributed by atoms with Crippen LogP contribution >= 0.6 is 0 Å². The zero-order valence-corrected chi connectivity index (χ0v) is 10.4. The van der Waals surface area contributed by atoms with E-state index in [1.54, 1.807) is 0 Å². The number of alkyl halides is 3. The summed E-state index contributed by atoms with van der Waals surface area (Å²) in [5.74, 6) is -0.496. The van der Waals surface area contributed by atoms with Crippen molar-refractivity contribution in [3.8, 4) is 0 Å². The molecular weight excluding hydrogens is 249 g/mol. The molecule has 18 heavy (non-hydrogen) atoms. The fourth-order valence-electron chi connectivity index (χ4n) is 2.57. The molecule has 0 aromatic rings. The Hall–Kier alpha value is -0.780. The van der Waals surface area contributed by atoms with Gasteiger partial charge in [-0.05, 0) is 38.0 Å². The molecule has 0 aliphatic heterocycles. The van der Waals surface area contributed by atoms with Crippen molar-refractivity contribution in [2.45, 2.75) is 51.8 Å². The van der Waals surface area contributed by atoms with Crippen molar-refractivity contribution >= 4 is 5.97 Å². The summed E-state index contributed by atoms with van der Waals surface area (Å²) in [6, 6.07) is 0. The molecule has 1 fully saturated rings. The quantitative estimate of drug-likeness (QED) is 0.829. The second kappa shape index (κ2) is 5.91. The Labute approximate surface area is 104 Å². The third kappa shape index (κ3) is 4.15. The number of ether oxygens (including phenoxy) is 1. The van der Waals surface area contributed by atoms with Crippen LogP contribution in [-0.2, 0) is 9.53 Å². The van der Waals surface area contributed by atoms with E-state index in [-0.39, 0.29) is 6.42 Å². The second-order valence-corrected chi connectivity index (χ2v) is 4.98. The van der Waals surface area contributed by atoms with Gasteiger partial charge in [0, 0.05) is 0 Å². The van der Waals surface area contributed by atoms with Crippen molar-refractivity contribution < 1.29 is 27.8 Å². The average molecular weight is 268 g/mol. The van der Waals surface area contributed by atoms with Gasteiger partial charge in [0.25, 0.3) is 0 Å². The van der Waals surface area contributed by atoms with Crippen molar-refractivity contribution in [2.75, 3.05) is 6.61 Å². The highest BCUT2D eigenvalue weighted by Gasteiger charge is 2.42. The van der Waals surface area contributed by atoms with Crippen LogP contribution in [0, 0.1) is 11.3 Å². The third-order valence-electron chi connectivity index (χ3n) is 3.94. The van der Waals surface area contributed by atoms with Crippen molar-refractivity contribution in [1.82, 2.24) is 0 Å². The Balaban J connectivity index is 2.53. The van der Waals surface area contributed by atoms with Crippen LogP contribution in [0.3, 0.4) is 0 Å². The number of carboxylic acids is 1. The minimum Gasteiger partial charge on any atom is -0.481 e. The zero-order valence-electron chi connectivity index (χ0n) is 10.4. The van der Waals surface area contributed by atoms with Crippen molar-refractivity contribution in [1.29, 1.82) is 0 Å². The van der Waals surface area contributed by atoms with Crippen LogP contribution in [0.25, 0.3) is 0 Å². The van der Waals surface area contributed by atoms with Gasteiger partial charge >= 0.3 is 12.3 Å². The lowest BCUT2D eigenvalue weighted by molar-refractivity contribution is -0.326. The molecule has 0 amide bonds. The van der Waals surface area contributed by atoms with Crippen LogP contribution in [0.2, 0.25) is 0 Å². The maximum atomic E-state index is 11.9. The van der Waals surface area contributed by atoms with E-state index in [9.17, 15) is 23.1 Å². The van der Waals surface area contributed by atoms with E-state index < -0.39 is 24.4 Å². The van der Waals surface area contributed by atoms with E-state index in [0.717, 1.165) is 19.3 Å². The highest BCUT2D eigenvalue weighted by atomic mass is 19.4. The summed E-state index contributed by atoms with van der Waals surface area (Å²) in [6.07, 6.45) is -1.32. The molecule has 1 aliphatic carbocycles. The van der Waals surface area contributed by atoms with Gasteiger partial charge in [-0.2, -0.15) is 0 Å². The number of carbonyl (C=O) groups is 1. The monoisotopic (exact) mass is 268 g/mol. The fourth-order valence-corrected chi connectivity index (χ4v) is 2.57. The first-order chi connectivity index (χ1) is 8.29. The van der Waals surface area contributed by atoms with Gasteiger partial charge in [-0.15, -0.1) is 13.2 Å². The minimum atomic E-state index is -4.68. The first kappa shape index (κ1) is 15.3. The number of rotatable bonds is 5. The van der Waals surface area contributed by atoms with Gasteiger partial charge in [-0.3, -0.25) is 9.53 Å². The molecule has 0 heterocycles. The summed E-state index contributed by atoms with van der Waals surface area (Å²) < 4.78 is 39.3. The maximum absolute atomic E-state index is 11.9. The summed E-state index contributed by atoms with van der Waals surface area (Å²) in [5.41, 5.74) is -1.03. The van der Waals surface area contributed by atoms with Crippen LogP contribution < -0.4 is 0 Å². The Kier molecular flexibility index (Phi) is 5.01. The topological polar surface area (TPSA) is 46.5 Å². The lowest BCUT2D eigenvalue weighted by atomic mass is 9.68. The molecule has 0 unspecified atom stereocenters. The van der Waals surface area contributed by atoms with E-state index in [1.165, 1.54) is 0 Å². The lowest BCUT2D eigenvalue weighted by Crippen LogP contribution is -2.37. The Morgan fingerprint density at radius 1 is 1.39 bits per heavy atom. The summed E-state index contributed by atoms with van der Waals surface area (Å²) in [4.78, 5) is 11.3. The molecule has 0 aromatic carbocycles. The van der Waals surface area contributed by atoms with Crippen LogP contribution in [0.5, 0.6) is 0 Å². The highest BCUT2D eigenvalue weighted by molar-refractivity contribution is 5.74. The Bertz CT molecular complexity index is 281. The smallest absolute Gasteiger partial charge is 0.481 e. The summed E-state index contributed by atoms with van der Waals surface area (Å²) in [6.45, 7) is 1.47. The van der Waals surface area contributed by atoms with E-state index in [2.05, 4.69) is 4.74 Å². The van der Waals surface area contributed by atoms with Gasteiger partial charge < -0.3 is 5.11 Å². The Morgan fingerprint density at radius 2 is 1.94 bits per heavy atom. The molecule has 1 saturated carbocycles. The zero-order chi connectivity index (χ0) is 13.8. The van der Waals surface area contributed by atoms with Crippen molar-refractivity contribution in [3.63, 3.8) is 0 Å². The third-order valence-corrected chi connectivity index (χ3v) is 3.94. The van der Waals surface area contributed by atoms with Gasteiger partial charge in [0.05, 0.1) is 12.0 Å². The summed E-state index contributed by atoms with van der Waals surface area (Å²) >= 11 is 0. The molecule has 0 spiro atoms. The SMILES string of the molecule is CCC1CCC(CCOC(F)(F)F)(C(=O)O)CC1. The molecule has 0 atom stereocenters. The molecule has 1 rings (SSSR count). The van der Waals surface area contributed by atoms with Crippen LogP contribution in [0.4, 0.5) is 13.2 Å². The van der Waals surface area contributed by atoms with Crippen molar-refractivity contribution in [2.24, 2.45) is 11.3 Å². The predicted octanol–water partition coefficient (Wildman–Crippen LogP) is 3.58. The summed E-state index contributed by atoms with van der Waals surface area (Å²) in [7, 11) is 0. The van der Waals surface area contributed by atoms with E-state index in [0.29, 0.717) is 18.8 Å². The molecule has 0 bridgehead atoms. The number of halogens is 3. The molecule has 1 aliphatic rings. The van der Waals surface area contributed by atoms with Gasteiger partial charge in [0.1, 0.15) is 0 Å². The Morgan fingerprint density at radius 3 is 2.33 bits per heavy atom. The minimum absolute atomic E-state index is 0.0712. The molecule has 1 N–H and O–H groups in total. The molecule has 106 valence electrons. The molecule has 0 radical (unpaired) electrons. The molecule has 6 heteroatoms. The number of hydrogen-bond donors (Lipinski definition) is 1. The van der Waals surface area contributed by atoms with Gasteiger partial charge in [0.2, 0.25) is 0 Å². The van der Waals surface area contributed by atoms with Gasteiger partial charge in [-0.1, -0.05) is 13.3 Å². The van der Waals surface area contributed by atoms with Crippen LogP contribution in [-0.4, -0.2) is 24.0 Å². The molecular formula is C12H19F3O3. The number of carboxylic acid groups (broad SMARTS) is 1. The first-order valence-electron chi connectivity index (χ1n) is 6.23. The van der Waals surface area contributed by atoms with Crippen molar-refractivity contribution in [3.05, 3.63) is 0 Å². The van der Waals surface area contributed by atoms with Gasteiger partial charge in [0.15, 0.2) is 0 Å². The molecule has 0 saturated heterocycles. The highest BCUT2D eigenvalue weighted by Crippen LogP contribution is 2.43. The number of hydrogen-bond acceptors (Lipinski definition) is 2. The predicted molar refractivity (Wildman–Crippen MR) is 58.9 cm³/mol. The standard InChI is InChI=1S/C12H19F3O3/c1-2-9-3-5-11(6-4-9,10(16)17)7-8-18-12(13,14)15/h9H,2-8H2,1H3,(H,16,17). The van der Waals surface area contributed by atoms with Crippen LogP contribution in [0.15, 0.2) is 0 Å². The summed E-state index contributed by atoms with van der Waals surface area (Å²) in [5, 5.41) is 9.24. The van der Waals surface area contributed by atoms with Gasteiger partial charge in [-0.25, -0.2) is 0 Å². The molecule has 3 nitrogen and oxygen atoms in total. The first-order valence-corrected chi connectivity index (χ1v) is 6.23. The second-order valence-electron chi connectivity index (χ2n) is 4.98. The fraction of sp³-hybridized carbons (Fsp3) is 0.917. The van der Waals surface area contributed by atoms with Crippen LogP contribution in [0.1, 0.15) is 45.4 Å². The lowest BCUT2D eigenvalue weighted by Gasteiger charge is -2.36. The normalized spacial score (nSPS) is 29.2.